The summed E-state index contributed by atoms with van der Waals surface area (Å²) in [5, 5.41) is 10.8. The average molecular weight is 496 g/mol. The number of methoxy groups -OCH3 is 1. The number of carbonyl (C=O) groups is 1. The number of rotatable bonds is 7. The van der Waals surface area contributed by atoms with E-state index in [-0.39, 0.29) is 18.8 Å². The molecule has 0 saturated carbocycles. The molecular weight excluding hydrogens is 474 g/mol. The number of esters is 1. The van der Waals surface area contributed by atoms with Crippen LogP contribution >= 0.6 is 22.7 Å². The molecule has 0 bridgehead atoms. The Labute approximate surface area is 203 Å². The summed E-state index contributed by atoms with van der Waals surface area (Å²) in [6.07, 6.45) is 1.69. The first kappa shape index (κ1) is 23.5. The number of thiophene rings is 1. The van der Waals surface area contributed by atoms with Crippen molar-refractivity contribution < 1.29 is 19.0 Å². The monoisotopic (exact) mass is 495 g/mol. The van der Waals surface area contributed by atoms with Gasteiger partial charge in [0, 0.05) is 10.4 Å². The zero-order valence-corrected chi connectivity index (χ0v) is 20.4. The largest absolute Gasteiger partial charge is 0.493 e. The van der Waals surface area contributed by atoms with E-state index in [1.807, 2.05) is 23.6 Å². The molecule has 1 aliphatic rings. The van der Waals surface area contributed by atoms with E-state index in [4.69, 9.17) is 19.5 Å². The molecule has 0 amide bonds. The summed E-state index contributed by atoms with van der Waals surface area (Å²) in [6.45, 7) is 3.55. The van der Waals surface area contributed by atoms with Crippen LogP contribution in [-0.2, 0) is 9.53 Å². The highest BCUT2D eigenvalue weighted by Gasteiger charge is 2.33. The van der Waals surface area contributed by atoms with E-state index < -0.39 is 12.0 Å². The van der Waals surface area contributed by atoms with Gasteiger partial charge in [0.15, 0.2) is 22.9 Å². The molecule has 0 saturated heterocycles. The molecule has 8 nitrogen and oxygen atoms in total. The molecule has 2 aromatic heterocycles. The molecule has 34 heavy (non-hydrogen) atoms. The standard InChI is InChI=1S/C24H21N3O5S2/c1-4-31-23(29)19-14(2)26-24-27(20(19)17-9-6-12-33-17)22(28)18(34-24)13-15-7-5-8-16(30-3)21(15)32-11-10-25/h5-9,12-13,20H,4,11H2,1-3H3/b18-13-/t20-/m0/s1. The van der Waals surface area contributed by atoms with E-state index in [2.05, 4.69) is 4.99 Å². The third kappa shape index (κ3) is 4.27. The minimum atomic E-state index is -0.628. The van der Waals surface area contributed by atoms with Gasteiger partial charge in [-0.2, -0.15) is 5.26 Å². The molecule has 174 valence electrons. The molecule has 1 aromatic carbocycles. The van der Waals surface area contributed by atoms with Gasteiger partial charge in [-0.25, -0.2) is 9.79 Å². The first-order chi connectivity index (χ1) is 16.5. The average Bonchev–Trinajstić information content (AvgIpc) is 3.46. The lowest BCUT2D eigenvalue weighted by Crippen LogP contribution is -2.39. The molecule has 0 N–H and O–H groups in total. The quantitative estimate of drug-likeness (QED) is 0.467. The van der Waals surface area contributed by atoms with Gasteiger partial charge in [0.05, 0.1) is 29.5 Å². The smallest absolute Gasteiger partial charge is 0.338 e. The van der Waals surface area contributed by atoms with Crippen LogP contribution in [0.15, 0.2) is 56.8 Å². The van der Waals surface area contributed by atoms with Crippen molar-refractivity contribution in [3.8, 4) is 17.6 Å². The highest BCUT2D eigenvalue weighted by atomic mass is 32.1. The molecule has 1 atom stereocenters. The number of nitriles is 1. The van der Waals surface area contributed by atoms with Gasteiger partial charge in [-0.1, -0.05) is 29.5 Å². The van der Waals surface area contributed by atoms with Crippen molar-refractivity contribution in [1.82, 2.24) is 4.57 Å². The Kier molecular flexibility index (Phi) is 6.95. The number of para-hydroxylation sites is 1. The number of aromatic nitrogens is 1. The Hall–Kier alpha value is -3.68. The minimum Gasteiger partial charge on any atom is -0.493 e. The molecule has 0 unspecified atom stereocenters. The molecule has 4 rings (SSSR count). The second kappa shape index (κ2) is 10.1. The van der Waals surface area contributed by atoms with Gasteiger partial charge in [-0.3, -0.25) is 9.36 Å². The third-order valence-electron chi connectivity index (χ3n) is 5.13. The van der Waals surface area contributed by atoms with Crippen molar-refractivity contribution in [1.29, 1.82) is 5.26 Å². The Morgan fingerprint density at radius 2 is 2.15 bits per heavy atom. The van der Waals surface area contributed by atoms with Crippen LogP contribution < -0.4 is 24.4 Å². The number of carbonyl (C=O) groups excluding carboxylic acids is 1. The third-order valence-corrected chi connectivity index (χ3v) is 7.03. The number of benzene rings is 1. The van der Waals surface area contributed by atoms with Gasteiger partial charge >= 0.3 is 5.97 Å². The maximum atomic E-state index is 13.6. The molecule has 0 spiro atoms. The van der Waals surface area contributed by atoms with Gasteiger partial charge in [0.25, 0.3) is 5.56 Å². The second-order valence-electron chi connectivity index (χ2n) is 7.14. The van der Waals surface area contributed by atoms with Crippen LogP contribution in [0.25, 0.3) is 6.08 Å². The first-order valence-electron chi connectivity index (χ1n) is 10.4. The van der Waals surface area contributed by atoms with E-state index >= 15 is 0 Å². The Morgan fingerprint density at radius 1 is 1.32 bits per heavy atom. The van der Waals surface area contributed by atoms with Crippen LogP contribution in [0.4, 0.5) is 0 Å². The second-order valence-corrected chi connectivity index (χ2v) is 9.13. The Bertz CT molecular complexity index is 1480. The van der Waals surface area contributed by atoms with Gasteiger partial charge in [0.1, 0.15) is 12.1 Å². The van der Waals surface area contributed by atoms with Crippen molar-refractivity contribution in [3.05, 3.63) is 77.1 Å². The molecule has 1 aliphatic heterocycles. The fourth-order valence-electron chi connectivity index (χ4n) is 3.71. The molecule has 3 aromatic rings. The maximum Gasteiger partial charge on any atom is 0.338 e. The van der Waals surface area contributed by atoms with Gasteiger partial charge < -0.3 is 14.2 Å². The van der Waals surface area contributed by atoms with E-state index in [9.17, 15) is 9.59 Å². The van der Waals surface area contributed by atoms with Crippen LogP contribution in [0.3, 0.4) is 0 Å². The van der Waals surface area contributed by atoms with Gasteiger partial charge in [-0.15, -0.1) is 11.3 Å². The summed E-state index contributed by atoms with van der Waals surface area (Å²) in [5.41, 5.74) is 1.17. The maximum absolute atomic E-state index is 13.6. The predicted octanol–water partition coefficient (Wildman–Crippen LogP) is 2.77. The first-order valence-corrected chi connectivity index (χ1v) is 12.1. The molecule has 0 fully saturated rings. The van der Waals surface area contributed by atoms with Crippen LogP contribution in [0, 0.1) is 11.3 Å². The van der Waals surface area contributed by atoms with Gasteiger partial charge in [-0.05, 0) is 37.4 Å². The normalized spacial score (nSPS) is 15.4. The molecule has 0 radical (unpaired) electrons. The zero-order chi connectivity index (χ0) is 24.2. The van der Waals surface area contributed by atoms with E-state index in [1.54, 1.807) is 38.1 Å². The van der Waals surface area contributed by atoms with Crippen molar-refractivity contribution in [3.63, 3.8) is 0 Å². The summed E-state index contributed by atoms with van der Waals surface area (Å²) < 4.78 is 18.2. The van der Waals surface area contributed by atoms with Crippen molar-refractivity contribution in [2.75, 3.05) is 20.3 Å². The highest BCUT2D eigenvalue weighted by molar-refractivity contribution is 7.10. The van der Waals surface area contributed by atoms with Crippen LogP contribution in [0.1, 0.15) is 30.3 Å². The summed E-state index contributed by atoms with van der Waals surface area (Å²) in [6, 6.07) is 10.4. The van der Waals surface area contributed by atoms with Crippen LogP contribution in [0.2, 0.25) is 0 Å². The number of fused-ring (bicyclic) bond motifs is 1. The molecule has 10 heteroatoms. The highest BCUT2D eigenvalue weighted by Crippen LogP contribution is 2.34. The topological polar surface area (TPSA) is 103 Å². The Morgan fingerprint density at radius 3 is 2.82 bits per heavy atom. The fraction of sp³-hybridized carbons (Fsp3) is 0.250. The van der Waals surface area contributed by atoms with E-state index in [1.165, 1.54) is 34.4 Å². The van der Waals surface area contributed by atoms with Gasteiger partial charge in [0.2, 0.25) is 0 Å². The summed E-state index contributed by atoms with van der Waals surface area (Å²) in [7, 11) is 1.51. The minimum absolute atomic E-state index is 0.164. The summed E-state index contributed by atoms with van der Waals surface area (Å²) >= 11 is 2.68. The Balaban J connectivity index is 1.93. The molecular formula is C24H21N3O5S2. The lowest BCUT2D eigenvalue weighted by Gasteiger charge is -2.23. The van der Waals surface area contributed by atoms with E-state index in [0.717, 1.165) is 4.88 Å². The predicted molar refractivity (Wildman–Crippen MR) is 129 cm³/mol. The number of nitrogens with zero attached hydrogens (tertiary/aromatic N) is 3. The van der Waals surface area contributed by atoms with Crippen molar-refractivity contribution in [2.45, 2.75) is 19.9 Å². The number of thiazole rings is 1. The fourth-order valence-corrected chi connectivity index (χ4v) is 5.58. The number of allylic oxidation sites excluding steroid dienone is 1. The van der Waals surface area contributed by atoms with Crippen molar-refractivity contribution >= 4 is 34.7 Å². The lowest BCUT2D eigenvalue weighted by molar-refractivity contribution is -0.139. The van der Waals surface area contributed by atoms with E-state index in [0.29, 0.717) is 37.7 Å². The summed E-state index contributed by atoms with van der Waals surface area (Å²) in [4.78, 5) is 32.4. The lowest BCUT2D eigenvalue weighted by atomic mass is 10.0. The SMILES string of the molecule is CCOC(=O)C1=C(C)N=c2s/c(=C\c3cccc(OC)c3OCC#N)c(=O)n2[C@H]1c1cccs1. The van der Waals surface area contributed by atoms with Crippen LogP contribution in [0.5, 0.6) is 11.5 Å². The molecule has 3 heterocycles. The number of hydrogen-bond acceptors (Lipinski definition) is 9. The molecule has 0 aliphatic carbocycles. The number of hydrogen-bond donors (Lipinski definition) is 0. The van der Waals surface area contributed by atoms with Crippen molar-refractivity contribution in [2.24, 2.45) is 4.99 Å². The van der Waals surface area contributed by atoms with Crippen LogP contribution in [-0.4, -0.2) is 30.9 Å². The summed E-state index contributed by atoms with van der Waals surface area (Å²) in [5.74, 6) is 0.334. The zero-order valence-electron chi connectivity index (χ0n) is 18.7. The number of ether oxygens (including phenoxy) is 3.